The summed E-state index contributed by atoms with van der Waals surface area (Å²) in [5.41, 5.74) is 3.23. The second kappa shape index (κ2) is 3.84. The van der Waals surface area contributed by atoms with Crippen molar-refractivity contribution >= 4 is 28.1 Å². The van der Waals surface area contributed by atoms with Crippen LogP contribution in [-0.4, -0.2) is 23.4 Å². The molecule has 0 radical (unpaired) electrons. The molecule has 3 aromatic rings. The van der Waals surface area contributed by atoms with Crippen LogP contribution in [-0.2, 0) is 0 Å². The number of pyridine rings is 1. The number of aldehydes is 1. The summed E-state index contributed by atoms with van der Waals surface area (Å²) in [7, 11) is 1.56. The number of nitrogens with one attached hydrogen (secondary N) is 1. The number of rotatable bonds is 2. The first kappa shape index (κ1) is 10.8. The van der Waals surface area contributed by atoms with Crippen LogP contribution in [0.25, 0.3) is 21.8 Å². The first-order valence-corrected chi connectivity index (χ1v) is 5.65. The van der Waals surface area contributed by atoms with E-state index in [9.17, 15) is 4.79 Å². The van der Waals surface area contributed by atoms with Crippen LogP contribution in [0.1, 0.15) is 16.1 Å². The lowest BCUT2D eigenvalue weighted by Crippen LogP contribution is -1.91. The lowest BCUT2D eigenvalue weighted by molar-refractivity contribution is 0.112. The number of carbonyl (C=O) groups is 1. The van der Waals surface area contributed by atoms with Gasteiger partial charge in [0.05, 0.1) is 29.4 Å². The monoisotopic (exact) mass is 240 g/mol. The highest BCUT2D eigenvalue weighted by atomic mass is 16.5. The molecular formula is C14H12N2O2. The molecule has 0 spiro atoms. The van der Waals surface area contributed by atoms with E-state index in [1.54, 1.807) is 13.3 Å². The van der Waals surface area contributed by atoms with Crippen molar-refractivity contribution in [3.05, 3.63) is 35.7 Å². The summed E-state index contributed by atoms with van der Waals surface area (Å²) in [6.45, 7) is 1.94. The van der Waals surface area contributed by atoms with Crippen molar-refractivity contribution in [1.82, 2.24) is 9.97 Å². The summed E-state index contributed by atoms with van der Waals surface area (Å²) in [4.78, 5) is 18.8. The van der Waals surface area contributed by atoms with Gasteiger partial charge in [-0.25, -0.2) is 0 Å². The van der Waals surface area contributed by atoms with Gasteiger partial charge < -0.3 is 9.72 Å². The second-order valence-corrected chi connectivity index (χ2v) is 4.17. The molecule has 0 aliphatic heterocycles. The largest absolute Gasteiger partial charge is 0.496 e. The molecule has 0 amide bonds. The molecule has 2 heterocycles. The molecule has 2 aromatic heterocycles. The Balaban J connectivity index is 2.53. The molecule has 1 N–H and O–H groups in total. The van der Waals surface area contributed by atoms with Crippen LogP contribution in [0.5, 0.6) is 5.75 Å². The van der Waals surface area contributed by atoms with E-state index in [1.807, 2.05) is 25.1 Å². The van der Waals surface area contributed by atoms with Gasteiger partial charge in [-0.05, 0) is 25.1 Å². The first-order chi connectivity index (χ1) is 8.76. The fourth-order valence-electron chi connectivity index (χ4n) is 2.33. The first-order valence-electron chi connectivity index (χ1n) is 5.65. The number of benzene rings is 1. The maximum Gasteiger partial charge on any atom is 0.155 e. The summed E-state index contributed by atoms with van der Waals surface area (Å²) in [5.74, 6) is 0.578. The molecule has 4 heteroatoms. The van der Waals surface area contributed by atoms with Crippen molar-refractivity contribution in [3.8, 4) is 5.75 Å². The SMILES string of the molecule is COc1ccc2c([nH]c3c(C)nccc32)c1C=O. The Bertz CT molecular complexity index is 759. The third-order valence-corrected chi connectivity index (χ3v) is 3.22. The molecule has 18 heavy (non-hydrogen) atoms. The molecule has 0 fully saturated rings. The van der Waals surface area contributed by atoms with Gasteiger partial charge in [-0.3, -0.25) is 9.78 Å². The normalized spacial score (nSPS) is 11.0. The number of hydrogen-bond donors (Lipinski definition) is 1. The number of carbonyl (C=O) groups excluding carboxylic acids is 1. The van der Waals surface area contributed by atoms with Gasteiger partial charge >= 0.3 is 0 Å². The van der Waals surface area contributed by atoms with Gasteiger partial charge in [0, 0.05) is 17.0 Å². The van der Waals surface area contributed by atoms with Gasteiger partial charge in [0.15, 0.2) is 6.29 Å². The summed E-state index contributed by atoms with van der Waals surface area (Å²) in [6, 6.07) is 5.72. The number of methoxy groups -OCH3 is 1. The fourth-order valence-corrected chi connectivity index (χ4v) is 2.33. The highest BCUT2D eigenvalue weighted by Gasteiger charge is 2.13. The van der Waals surface area contributed by atoms with Crippen LogP contribution in [0.15, 0.2) is 24.4 Å². The number of hydrogen-bond acceptors (Lipinski definition) is 3. The Kier molecular flexibility index (Phi) is 2.30. The van der Waals surface area contributed by atoms with Crippen LogP contribution in [0.3, 0.4) is 0 Å². The van der Waals surface area contributed by atoms with Gasteiger partial charge in [-0.1, -0.05) is 0 Å². The van der Waals surface area contributed by atoms with Gasteiger partial charge in [0.25, 0.3) is 0 Å². The molecule has 0 atom stereocenters. The minimum atomic E-state index is 0.547. The van der Waals surface area contributed by atoms with Gasteiger partial charge in [0.1, 0.15) is 5.75 Å². The van der Waals surface area contributed by atoms with Crippen molar-refractivity contribution < 1.29 is 9.53 Å². The fraction of sp³-hybridized carbons (Fsp3) is 0.143. The highest BCUT2D eigenvalue weighted by Crippen LogP contribution is 2.32. The maximum atomic E-state index is 11.2. The zero-order valence-corrected chi connectivity index (χ0v) is 10.2. The molecular weight excluding hydrogens is 228 g/mol. The summed E-state index contributed by atoms with van der Waals surface area (Å²) >= 11 is 0. The smallest absolute Gasteiger partial charge is 0.155 e. The third-order valence-electron chi connectivity index (χ3n) is 3.22. The van der Waals surface area contributed by atoms with E-state index in [0.717, 1.165) is 33.8 Å². The van der Waals surface area contributed by atoms with E-state index in [-0.39, 0.29) is 0 Å². The lowest BCUT2D eigenvalue weighted by Gasteiger charge is -2.03. The van der Waals surface area contributed by atoms with Crippen LogP contribution >= 0.6 is 0 Å². The van der Waals surface area contributed by atoms with E-state index >= 15 is 0 Å². The average Bonchev–Trinajstić information content (AvgIpc) is 2.77. The van der Waals surface area contributed by atoms with Crippen molar-refractivity contribution in [3.63, 3.8) is 0 Å². The van der Waals surface area contributed by atoms with Crippen molar-refractivity contribution in [1.29, 1.82) is 0 Å². The lowest BCUT2D eigenvalue weighted by atomic mass is 10.1. The second-order valence-electron chi connectivity index (χ2n) is 4.17. The minimum absolute atomic E-state index is 0.547. The molecule has 0 bridgehead atoms. The third kappa shape index (κ3) is 1.32. The van der Waals surface area contributed by atoms with E-state index in [2.05, 4.69) is 9.97 Å². The van der Waals surface area contributed by atoms with Crippen LogP contribution in [0.2, 0.25) is 0 Å². The predicted molar refractivity (Wildman–Crippen MR) is 70.3 cm³/mol. The highest BCUT2D eigenvalue weighted by molar-refractivity contribution is 6.13. The number of fused-ring (bicyclic) bond motifs is 3. The Morgan fingerprint density at radius 3 is 2.72 bits per heavy atom. The van der Waals surface area contributed by atoms with Gasteiger partial charge in [0.2, 0.25) is 0 Å². The van der Waals surface area contributed by atoms with E-state index in [4.69, 9.17) is 4.74 Å². The van der Waals surface area contributed by atoms with Crippen molar-refractivity contribution in [2.45, 2.75) is 6.92 Å². The van der Waals surface area contributed by atoms with Crippen LogP contribution < -0.4 is 4.74 Å². The van der Waals surface area contributed by atoms with E-state index in [0.29, 0.717) is 11.3 Å². The van der Waals surface area contributed by atoms with Gasteiger partial charge in [-0.15, -0.1) is 0 Å². The molecule has 0 saturated heterocycles. The van der Waals surface area contributed by atoms with Crippen molar-refractivity contribution in [2.24, 2.45) is 0 Å². The molecule has 0 aliphatic rings. The molecule has 0 saturated carbocycles. The molecule has 0 aliphatic carbocycles. The summed E-state index contributed by atoms with van der Waals surface area (Å²) in [5, 5.41) is 2.08. The molecule has 0 unspecified atom stereocenters. The number of H-pyrrole nitrogens is 1. The maximum absolute atomic E-state index is 11.2. The average molecular weight is 240 g/mol. The number of ether oxygens (including phenoxy) is 1. The molecule has 1 aromatic carbocycles. The van der Waals surface area contributed by atoms with Crippen LogP contribution in [0, 0.1) is 6.92 Å². The molecule has 4 nitrogen and oxygen atoms in total. The Hall–Kier alpha value is -2.36. The van der Waals surface area contributed by atoms with Crippen molar-refractivity contribution in [2.75, 3.05) is 7.11 Å². The van der Waals surface area contributed by atoms with E-state index in [1.165, 1.54) is 0 Å². The molecule has 90 valence electrons. The standard InChI is InChI=1S/C14H12N2O2/c1-8-13-10(5-6-15-8)9-3-4-12(18-2)11(7-17)14(9)16-13/h3-7,16H,1-2H3. The Labute approximate surface area is 104 Å². The Morgan fingerprint density at radius 1 is 1.22 bits per heavy atom. The van der Waals surface area contributed by atoms with E-state index < -0.39 is 0 Å². The number of aryl methyl sites for hydroxylation is 1. The minimum Gasteiger partial charge on any atom is -0.496 e. The topological polar surface area (TPSA) is 55.0 Å². The Morgan fingerprint density at radius 2 is 2.00 bits per heavy atom. The zero-order chi connectivity index (χ0) is 12.7. The predicted octanol–water partition coefficient (Wildman–Crippen LogP) is 2.85. The number of aromatic nitrogens is 2. The molecule has 3 rings (SSSR count). The summed E-state index contributed by atoms with van der Waals surface area (Å²) < 4.78 is 5.20. The van der Waals surface area contributed by atoms with Crippen LogP contribution in [0.4, 0.5) is 0 Å². The summed E-state index contributed by atoms with van der Waals surface area (Å²) in [6.07, 6.45) is 2.59. The quantitative estimate of drug-likeness (QED) is 0.701. The zero-order valence-electron chi connectivity index (χ0n) is 10.2. The number of aromatic amines is 1. The number of nitrogens with zero attached hydrogens (tertiary/aromatic N) is 1. The van der Waals surface area contributed by atoms with Gasteiger partial charge in [-0.2, -0.15) is 0 Å².